The van der Waals surface area contributed by atoms with E-state index in [1.165, 1.54) is 0 Å². The number of ether oxygens (including phenoxy) is 1. The molecule has 1 amide bonds. The van der Waals surface area contributed by atoms with E-state index in [9.17, 15) is 4.79 Å². The molecule has 2 rings (SSSR count). The van der Waals surface area contributed by atoms with Crippen molar-refractivity contribution in [2.24, 2.45) is 0 Å². The van der Waals surface area contributed by atoms with E-state index < -0.39 is 0 Å². The Hall–Kier alpha value is -2.73. The number of aryl methyl sites for hydroxylation is 1. The first-order valence-corrected chi connectivity index (χ1v) is 6.67. The second-order valence-corrected chi connectivity index (χ2v) is 4.58. The summed E-state index contributed by atoms with van der Waals surface area (Å²) < 4.78 is 5.08. The monoisotopic (exact) mass is 279 g/mol. The fourth-order valence-electron chi connectivity index (χ4n) is 1.75. The van der Waals surface area contributed by atoms with E-state index in [0.29, 0.717) is 12.1 Å². The molecule has 0 atom stereocenters. The van der Waals surface area contributed by atoms with Crippen LogP contribution in [0.2, 0.25) is 0 Å². The summed E-state index contributed by atoms with van der Waals surface area (Å²) in [6, 6.07) is 14.9. The third-order valence-corrected chi connectivity index (χ3v) is 2.97. The second kappa shape index (κ2) is 7.16. The largest absolute Gasteiger partial charge is 0.497 e. The van der Waals surface area contributed by atoms with Crippen molar-refractivity contribution in [1.82, 2.24) is 5.32 Å². The molecule has 0 fully saturated rings. The fraction of sp³-hybridized carbons (Fsp3) is 0.167. The van der Waals surface area contributed by atoms with Gasteiger partial charge in [0.2, 0.25) is 0 Å². The molecule has 0 aromatic heterocycles. The summed E-state index contributed by atoms with van der Waals surface area (Å²) in [6.07, 6.45) is 0. The third-order valence-electron chi connectivity index (χ3n) is 2.97. The van der Waals surface area contributed by atoms with Crippen LogP contribution in [0.4, 0.5) is 0 Å². The Morgan fingerprint density at radius 1 is 1.10 bits per heavy atom. The SMILES string of the molecule is COc1ccc(C#CCNC(=O)c2ccc(C)cc2)cc1. The molecule has 0 bridgehead atoms. The van der Waals surface area contributed by atoms with Crippen LogP contribution in [0, 0.1) is 18.8 Å². The fourth-order valence-corrected chi connectivity index (χ4v) is 1.75. The number of nitrogens with one attached hydrogen (secondary N) is 1. The molecule has 21 heavy (non-hydrogen) atoms. The Labute approximate surface area is 125 Å². The Kier molecular flexibility index (Phi) is 5.00. The molecule has 0 saturated heterocycles. The molecule has 1 N–H and O–H groups in total. The summed E-state index contributed by atoms with van der Waals surface area (Å²) in [5, 5.41) is 2.77. The van der Waals surface area contributed by atoms with Crippen LogP contribution < -0.4 is 10.1 Å². The molecule has 0 saturated carbocycles. The lowest BCUT2D eigenvalue weighted by atomic mass is 10.1. The van der Waals surface area contributed by atoms with Gasteiger partial charge >= 0.3 is 0 Å². The van der Waals surface area contributed by atoms with E-state index in [1.54, 1.807) is 7.11 Å². The maximum absolute atomic E-state index is 11.9. The predicted octanol–water partition coefficient (Wildman–Crippen LogP) is 2.79. The lowest BCUT2D eigenvalue weighted by Gasteiger charge is -2.01. The van der Waals surface area contributed by atoms with Gasteiger partial charge in [-0.15, -0.1) is 0 Å². The molecule has 3 heteroatoms. The highest BCUT2D eigenvalue weighted by atomic mass is 16.5. The van der Waals surface area contributed by atoms with E-state index in [-0.39, 0.29) is 5.91 Å². The summed E-state index contributed by atoms with van der Waals surface area (Å²) in [6.45, 7) is 2.31. The van der Waals surface area contributed by atoms with Crippen molar-refractivity contribution >= 4 is 5.91 Å². The number of benzene rings is 2. The number of rotatable bonds is 3. The van der Waals surface area contributed by atoms with Crippen LogP contribution in [0.3, 0.4) is 0 Å². The molecule has 0 unspecified atom stereocenters. The van der Waals surface area contributed by atoms with Gasteiger partial charge in [0, 0.05) is 11.1 Å². The first kappa shape index (κ1) is 14.7. The van der Waals surface area contributed by atoms with Gasteiger partial charge in [-0.2, -0.15) is 0 Å². The lowest BCUT2D eigenvalue weighted by Crippen LogP contribution is -2.23. The highest BCUT2D eigenvalue weighted by Gasteiger charge is 2.02. The van der Waals surface area contributed by atoms with Crippen LogP contribution in [-0.2, 0) is 0 Å². The summed E-state index contributed by atoms with van der Waals surface area (Å²) >= 11 is 0. The number of hydrogen-bond donors (Lipinski definition) is 1. The van der Waals surface area contributed by atoms with Crippen molar-refractivity contribution in [1.29, 1.82) is 0 Å². The minimum absolute atomic E-state index is 0.112. The van der Waals surface area contributed by atoms with Crippen LogP contribution >= 0.6 is 0 Å². The number of carbonyl (C=O) groups excluding carboxylic acids is 1. The molecule has 2 aromatic carbocycles. The molecular weight excluding hydrogens is 262 g/mol. The Bertz CT molecular complexity index is 661. The Balaban J connectivity index is 1.87. The van der Waals surface area contributed by atoms with Crippen molar-refractivity contribution in [3.63, 3.8) is 0 Å². The van der Waals surface area contributed by atoms with E-state index in [2.05, 4.69) is 17.2 Å². The molecule has 0 radical (unpaired) electrons. The number of hydrogen-bond acceptors (Lipinski definition) is 2. The molecule has 0 aliphatic rings. The summed E-state index contributed by atoms with van der Waals surface area (Å²) in [7, 11) is 1.63. The molecule has 3 nitrogen and oxygen atoms in total. The zero-order chi connectivity index (χ0) is 15.1. The van der Waals surface area contributed by atoms with Crippen molar-refractivity contribution < 1.29 is 9.53 Å². The molecular formula is C18H17NO2. The van der Waals surface area contributed by atoms with E-state index >= 15 is 0 Å². The van der Waals surface area contributed by atoms with Gasteiger partial charge in [-0.25, -0.2) is 0 Å². The van der Waals surface area contributed by atoms with Gasteiger partial charge in [-0.05, 0) is 43.3 Å². The predicted molar refractivity (Wildman–Crippen MR) is 83.4 cm³/mol. The van der Waals surface area contributed by atoms with Crippen LogP contribution in [0.25, 0.3) is 0 Å². The van der Waals surface area contributed by atoms with Crippen molar-refractivity contribution in [3.8, 4) is 17.6 Å². The van der Waals surface area contributed by atoms with Gasteiger partial charge in [0.05, 0.1) is 13.7 Å². The van der Waals surface area contributed by atoms with Crippen LogP contribution in [0.5, 0.6) is 5.75 Å². The molecule has 2 aromatic rings. The smallest absolute Gasteiger partial charge is 0.252 e. The number of amides is 1. The maximum Gasteiger partial charge on any atom is 0.252 e. The zero-order valence-electron chi connectivity index (χ0n) is 12.1. The minimum Gasteiger partial charge on any atom is -0.497 e. The normalized spacial score (nSPS) is 9.43. The van der Waals surface area contributed by atoms with Gasteiger partial charge in [-0.3, -0.25) is 4.79 Å². The molecule has 0 heterocycles. The topological polar surface area (TPSA) is 38.3 Å². The highest BCUT2D eigenvalue weighted by molar-refractivity contribution is 5.94. The van der Waals surface area contributed by atoms with Crippen molar-refractivity contribution in [2.45, 2.75) is 6.92 Å². The average molecular weight is 279 g/mol. The first-order valence-electron chi connectivity index (χ1n) is 6.67. The summed E-state index contributed by atoms with van der Waals surface area (Å²) in [5.74, 6) is 6.61. The van der Waals surface area contributed by atoms with Gasteiger partial charge in [-0.1, -0.05) is 29.5 Å². The van der Waals surface area contributed by atoms with Crippen LogP contribution in [-0.4, -0.2) is 19.6 Å². The van der Waals surface area contributed by atoms with Crippen molar-refractivity contribution in [2.75, 3.05) is 13.7 Å². The second-order valence-electron chi connectivity index (χ2n) is 4.58. The molecule has 0 aliphatic carbocycles. The van der Waals surface area contributed by atoms with Gasteiger partial charge in [0.15, 0.2) is 0 Å². The first-order chi connectivity index (χ1) is 10.2. The standard InChI is InChI=1S/C18H17NO2/c1-14-5-9-16(10-6-14)18(20)19-13-3-4-15-7-11-17(21-2)12-8-15/h5-12H,13H2,1-2H3,(H,19,20). The summed E-state index contributed by atoms with van der Waals surface area (Å²) in [4.78, 5) is 11.9. The summed E-state index contributed by atoms with van der Waals surface area (Å²) in [5.41, 5.74) is 2.66. The van der Waals surface area contributed by atoms with Crippen molar-refractivity contribution in [3.05, 3.63) is 65.2 Å². The third kappa shape index (κ3) is 4.39. The molecule has 0 aliphatic heterocycles. The van der Waals surface area contributed by atoms with Crippen LogP contribution in [0.1, 0.15) is 21.5 Å². The minimum atomic E-state index is -0.112. The van der Waals surface area contributed by atoms with Gasteiger partial charge in [0.25, 0.3) is 5.91 Å². The highest BCUT2D eigenvalue weighted by Crippen LogP contribution is 2.10. The van der Waals surface area contributed by atoms with E-state index in [1.807, 2.05) is 55.5 Å². The van der Waals surface area contributed by atoms with Gasteiger partial charge < -0.3 is 10.1 Å². The van der Waals surface area contributed by atoms with Gasteiger partial charge in [0.1, 0.15) is 5.75 Å². The average Bonchev–Trinajstić information content (AvgIpc) is 2.52. The Morgan fingerprint density at radius 2 is 1.76 bits per heavy atom. The Morgan fingerprint density at radius 3 is 2.38 bits per heavy atom. The quantitative estimate of drug-likeness (QED) is 0.877. The number of carbonyl (C=O) groups is 1. The van der Waals surface area contributed by atoms with E-state index in [4.69, 9.17) is 4.74 Å². The molecule has 0 spiro atoms. The number of methoxy groups -OCH3 is 1. The maximum atomic E-state index is 11.9. The zero-order valence-corrected chi connectivity index (χ0v) is 12.1. The lowest BCUT2D eigenvalue weighted by molar-refractivity contribution is 0.0958. The van der Waals surface area contributed by atoms with E-state index in [0.717, 1.165) is 16.9 Å². The molecule has 106 valence electrons. The van der Waals surface area contributed by atoms with Crippen LogP contribution in [0.15, 0.2) is 48.5 Å².